The van der Waals surface area contributed by atoms with Gasteiger partial charge in [-0.05, 0) is 19.3 Å². The predicted molar refractivity (Wildman–Crippen MR) is 114 cm³/mol. The van der Waals surface area contributed by atoms with Crippen LogP contribution in [-0.2, 0) is 19.1 Å². The second-order valence-electron chi connectivity index (χ2n) is 7.43. The topological polar surface area (TPSA) is 93.1 Å². The van der Waals surface area contributed by atoms with Gasteiger partial charge in [0.15, 0.2) is 0 Å². The second-order valence-corrected chi connectivity index (χ2v) is 7.43. The number of rotatable bonds is 18. The fourth-order valence-corrected chi connectivity index (χ4v) is 3.14. The average Bonchev–Trinajstić information content (AvgIpc) is 2.71. The summed E-state index contributed by atoms with van der Waals surface area (Å²) < 4.78 is 10.6. The van der Waals surface area contributed by atoms with E-state index in [0.29, 0.717) is 12.8 Å². The summed E-state index contributed by atoms with van der Waals surface area (Å²) in [5, 5.41) is 21.2. The van der Waals surface area contributed by atoms with Crippen LogP contribution in [0.1, 0.15) is 84.5 Å². The molecule has 0 aromatic carbocycles. The largest absolute Gasteiger partial charge is 0.456 e. The molecule has 6 nitrogen and oxygen atoms in total. The van der Waals surface area contributed by atoms with Crippen LogP contribution < -0.4 is 0 Å². The number of aliphatic hydroxyl groups is 2. The van der Waals surface area contributed by atoms with E-state index in [-0.39, 0.29) is 6.42 Å². The summed E-state index contributed by atoms with van der Waals surface area (Å²) in [6.07, 6.45) is 7.34. The quantitative estimate of drug-likeness (QED) is 0.199. The van der Waals surface area contributed by atoms with Gasteiger partial charge in [0.1, 0.15) is 12.2 Å². The number of carbonyl (C=O) groups is 2. The Morgan fingerprint density at radius 2 is 1.24 bits per heavy atom. The van der Waals surface area contributed by atoms with Crippen LogP contribution in [0.15, 0.2) is 25.3 Å². The molecule has 0 aromatic heterocycles. The summed E-state index contributed by atoms with van der Waals surface area (Å²) in [7, 11) is 0. The van der Waals surface area contributed by atoms with Crippen LogP contribution in [0, 0.1) is 0 Å². The van der Waals surface area contributed by atoms with E-state index in [0.717, 1.165) is 63.5 Å². The Bertz CT molecular complexity index is 476. The molecule has 0 aliphatic heterocycles. The highest BCUT2D eigenvalue weighted by molar-refractivity contribution is 5.81. The summed E-state index contributed by atoms with van der Waals surface area (Å²) in [6.45, 7) is 11.0. The fourth-order valence-electron chi connectivity index (χ4n) is 3.14. The van der Waals surface area contributed by atoms with Gasteiger partial charge in [-0.25, -0.2) is 9.59 Å². The first kappa shape index (κ1) is 27.3. The third-order valence-electron chi connectivity index (χ3n) is 4.90. The van der Waals surface area contributed by atoms with Gasteiger partial charge in [0, 0.05) is 18.6 Å². The molecule has 0 heterocycles. The maximum atomic E-state index is 11.7. The molecule has 0 amide bonds. The van der Waals surface area contributed by atoms with Gasteiger partial charge in [0.25, 0.3) is 0 Å². The molecule has 0 saturated carbocycles. The number of unbranched alkanes of at least 4 members (excludes halogenated alkanes) is 6. The summed E-state index contributed by atoms with van der Waals surface area (Å²) >= 11 is 0. The molecular formula is C23H40O6. The molecule has 0 aromatic rings. The zero-order valence-electron chi connectivity index (χ0n) is 18.2. The molecule has 0 aliphatic carbocycles. The van der Waals surface area contributed by atoms with Crippen LogP contribution in [0.25, 0.3) is 0 Å². The molecule has 0 saturated heterocycles. The molecule has 29 heavy (non-hydrogen) atoms. The van der Waals surface area contributed by atoms with Crippen molar-refractivity contribution in [1.82, 2.24) is 0 Å². The zero-order chi connectivity index (χ0) is 22.1. The Balaban J connectivity index is 5.00. The molecule has 0 spiro atoms. The Labute approximate surface area is 176 Å². The minimum atomic E-state index is -1.06. The number of hydrogen-bond donors (Lipinski definition) is 2. The van der Waals surface area contributed by atoms with Gasteiger partial charge in [0.2, 0.25) is 0 Å². The average molecular weight is 413 g/mol. The predicted octanol–water partition coefficient (Wildman–Crippen LogP) is 4.23. The van der Waals surface area contributed by atoms with E-state index in [1.165, 1.54) is 0 Å². The molecule has 0 bridgehead atoms. The van der Waals surface area contributed by atoms with E-state index in [9.17, 15) is 19.8 Å². The molecule has 6 heteroatoms. The van der Waals surface area contributed by atoms with Crippen molar-refractivity contribution >= 4 is 11.9 Å². The Hall–Kier alpha value is -1.66. The number of esters is 2. The van der Waals surface area contributed by atoms with Crippen LogP contribution >= 0.6 is 0 Å². The lowest BCUT2D eigenvalue weighted by atomic mass is 9.96. The van der Waals surface area contributed by atoms with Gasteiger partial charge in [-0.2, -0.15) is 0 Å². The molecule has 0 radical (unpaired) electrons. The van der Waals surface area contributed by atoms with Gasteiger partial charge < -0.3 is 19.7 Å². The van der Waals surface area contributed by atoms with Crippen molar-refractivity contribution in [3.8, 4) is 0 Å². The monoisotopic (exact) mass is 412 g/mol. The van der Waals surface area contributed by atoms with Crippen molar-refractivity contribution in [2.75, 3.05) is 0 Å². The third kappa shape index (κ3) is 13.2. The van der Waals surface area contributed by atoms with Crippen molar-refractivity contribution < 1.29 is 29.3 Å². The summed E-state index contributed by atoms with van der Waals surface area (Å²) in [6, 6.07) is 0. The highest BCUT2D eigenvalue weighted by Crippen LogP contribution is 2.20. The van der Waals surface area contributed by atoms with Crippen LogP contribution in [0.3, 0.4) is 0 Å². The summed E-state index contributed by atoms with van der Waals surface area (Å²) in [5.41, 5.74) is 0. The van der Waals surface area contributed by atoms with Crippen molar-refractivity contribution in [1.29, 1.82) is 0 Å². The van der Waals surface area contributed by atoms with E-state index in [4.69, 9.17) is 9.47 Å². The molecule has 0 fully saturated rings. The normalized spacial score (nSPS) is 15.0. The summed E-state index contributed by atoms with van der Waals surface area (Å²) in [5.74, 6) is -1.26. The standard InChI is InChI=1S/C23H40O6/c1-5-9-11-12-14-16-20(28-22(26)7-3)19(25)17-21(29-23(27)8-4)18(24)15-13-10-6-2/h7-8,18-21,24-25H,3-6,9-17H2,1-2H3. The lowest BCUT2D eigenvalue weighted by molar-refractivity contribution is -0.159. The minimum Gasteiger partial charge on any atom is -0.456 e. The maximum absolute atomic E-state index is 11.7. The van der Waals surface area contributed by atoms with Gasteiger partial charge in [-0.1, -0.05) is 72.0 Å². The molecule has 4 atom stereocenters. The molecule has 0 aliphatic rings. The number of carbonyl (C=O) groups excluding carboxylic acids is 2. The Morgan fingerprint density at radius 1 is 0.759 bits per heavy atom. The van der Waals surface area contributed by atoms with Gasteiger partial charge in [-0.15, -0.1) is 0 Å². The molecule has 168 valence electrons. The van der Waals surface area contributed by atoms with E-state index < -0.39 is 36.4 Å². The van der Waals surface area contributed by atoms with E-state index in [1.807, 2.05) is 0 Å². The van der Waals surface area contributed by atoms with Crippen molar-refractivity contribution in [3.05, 3.63) is 25.3 Å². The molecule has 2 N–H and O–H groups in total. The van der Waals surface area contributed by atoms with Crippen molar-refractivity contribution in [3.63, 3.8) is 0 Å². The highest BCUT2D eigenvalue weighted by Gasteiger charge is 2.30. The highest BCUT2D eigenvalue weighted by atomic mass is 16.6. The van der Waals surface area contributed by atoms with E-state index in [1.54, 1.807) is 0 Å². The lowest BCUT2D eigenvalue weighted by Crippen LogP contribution is -2.39. The van der Waals surface area contributed by atoms with E-state index in [2.05, 4.69) is 27.0 Å². The minimum absolute atomic E-state index is 0.0169. The first-order valence-corrected chi connectivity index (χ1v) is 10.9. The van der Waals surface area contributed by atoms with Crippen molar-refractivity contribution in [2.45, 2.75) is 109 Å². The smallest absolute Gasteiger partial charge is 0.330 e. The first-order valence-electron chi connectivity index (χ1n) is 10.9. The Morgan fingerprint density at radius 3 is 1.79 bits per heavy atom. The third-order valence-corrected chi connectivity index (χ3v) is 4.90. The second kappa shape index (κ2) is 17.2. The van der Waals surface area contributed by atoms with Crippen LogP contribution in [0.4, 0.5) is 0 Å². The first-order chi connectivity index (χ1) is 13.9. The molecular weight excluding hydrogens is 372 g/mol. The van der Waals surface area contributed by atoms with E-state index >= 15 is 0 Å². The van der Waals surface area contributed by atoms with Gasteiger partial charge in [0.05, 0.1) is 12.2 Å². The lowest BCUT2D eigenvalue weighted by Gasteiger charge is -2.29. The Kier molecular flexibility index (Phi) is 16.2. The van der Waals surface area contributed by atoms with Crippen molar-refractivity contribution in [2.24, 2.45) is 0 Å². The number of aliphatic hydroxyl groups excluding tert-OH is 2. The fraction of sp³-hybridized carbons (Fsp3) is 0.739. The van der Waals surface area contributed by atoms with Gasteiger partial charge >= 0.3 is 11.9 Å². The number of hydrogen-bond acceptors (Lipinski definition) is 6. The van der Waals surface area contributed by atoms with Crippen LogP contribution in [0.5, 0.6) is 0 Å². The maximum Gasteiger partial charge on any atom is 0.330 e. The van der Waals surface area contributed by atoms with Crippen LogP contribution in [0.2, 0.25) is 0 Å². The zero-order valence-corrected chi connectivity index (χ0v) is 18.2. The molecule has 0 rings (SSSR count). The molecule has 4 unspecified atom stereocenters. The summed E-state index contributed by atoms with van der Waals surface area (Å²) in [4.78, 5) is 23.4. The SMILES string of the molecule is C=CC(=O)OC(CCCCCCC)C(O)CC(OC(=O)C=C)C(O)CCCCC. The number of ether oxygens (including phenoxy) is 2. The van der Waals surface area contributed by atoms with Gasteiger partial charge in [-0.3, -0.25) is 0 Å². The van der Waals surface area contributed by atoms with Crippen LogP contribution in [-0.4, -0.2) is 46.6 Å².